The Bertz CT molecular complexity index is 1010. The Morgan fingerprint density at radius 2 is 2.04 bits per heavy atom. The van der Waals surface area contributed by atoms with Crippen molar-refractivity contribution in [2.45, 2.75) is 25.9 Å². The highest BCUT2D eigenvalue weighted by Gasteiger charge is 2.34. The van der Waals surface area contributed by atoms with Gasteiger partial charge in [-0.15, -0.1) is 0 Å². The fourth-order valence-electron chi connectivity index (χ4n) is 4.01. The first-order chi connectivity index (χ1) is 13.2. The van der Waals surface area contributed by atoms with Crippen LogP contribution in [-0.4, -0.2) is 29.1 Å². The summed E-state index contributed by atoms with van der Waals surface area (Å²) in [6.07, 6.45) is 0.967. The van der Waals surface area contributed by atoms with Gasteiger partial charge in [0.05, 0.1) is 11.1 Å². The number of carbonyl (C=O) groups is 1. The smallest absolute Gasteiger partial charge is 0.276 e. The molecule has 1 atom stereocenters. The molecule has 1 saturated heterocycles. The zero-order valence-electron chi connectivity index (χ0n) is 15.1. The fraction of sp³-hybridized carbons (Fsp3) is 0.273. The molecular formula is C22H20N2O3. The SMILES string of the molecule is Cc1ccc2c(c1)-c1onc(C(=O)N3CC[C@@H](c4ccccc4)C3)c1CO2. The lowest BCUT2D eigenvalue weighted by atomic mass is 9.99. The average Bonchev–Trinajstić information content (AvgIpc) is 3.36. The summed E-state index contributed by atoms with van der Waals surface area (Å²) in [5, 5.41) is 4.12. The van der Waals surface area contributed by atoms with Crippen LogP contribution in [0.3, 0.4) is 0 Å². The number of aryl methyl sites for hydroxylation is 1. The molecule has 1 amide bonds. The van der Waals surface area contributed by atoms with Gasteiger partial charge in [-0.05, 0) is 31.0 Å². The molecule has 0 saturated carbocycles. The van der Waals surface area contributed by atoms with E-state index in [1.807, 2.05) is 48.2 Å². The summed E-state index contributed by atoms with van der Waals surface area (Å²) in [6, 6.07) is 16.3. The summed E-state index contributed by atoms with van der Waals surface area (Å²) in [5.41, 5.74) is 4.39. The number of amides is 1. The first-order valence-corrected chi connectivity index (χ1v) is 9.27. The minimum absolute atomic E-state index is 0.0712. The molecule has 0 radical (unpaired) electrons. The largest absolute Gasteiger partial charge is 0.488 e. The zero-order valence-corrected chi connectivity index (χ0v) is 15.1. The van der Waals surface area contributed by atoms with E-state index in [1.54, 1.807) is 0 Å². The molecule has 27 heavy (non-hydrogen) atoms. The number of carbonyl (C=O) groups excluding carboxylic acids is 1. The van der Waals surface area contributed by atoms with Crippen LogP contribution in [0, 0.1) is 6.92 Å². The number of rotatable bonds is 2. The van der Waals surface area contributed by atoms with E-state index in [0.717, 1.165) is 35.4 Å². The Balaban J connectivity index is 1.41. The van der Waals surface area contributed by atoms with Gasteiger partial charge in [-0.1, -0.05) is 47.1 Å². The molecule has 3 heterocycles. The van der Waals surface area contributed by atoms with Crippen LogP contribution in [0.1, 0.15) is 39.5 Å². The second-order valence-corrected chi connectivity index (χ2v) is 7.27. The molecule has 1 fully saturated rings. The van der Waals surface area contributed by atoms with E-state index < -0.39 is 0 Å². The predicted octanol–water partition coefficient (Wildman–Crippen LogP) is 4.17. The van der Waals surface area contributed by atoms with Gasteiger partial charge >= 0.3 is 0 Å². The van der Waals surface area contributed by atoms with Crippen molar-refractivity contribution in [3.8, 4) is 17.1 Å². The molecule has 0 N–H and O–H groups in total. The van der Waals surface area contributed by atoms with Gasteiger partial charge in [0.15, 0.2) is 11.5 Å². The highest BCUT2D eigenvalue weighted by Crippen LogP contribution is 2.40. The molecule has 0 unspecified atom stereocenters. The van der Waals surface area contributed by atoms with E-state index in [9.17, 15) is 4.79 Å². The number of benzene rings is 2. The molecule has 1 aromatic heterocycles. The van der Waals surface area contributed by atoms with Gasteiger partial charge in [-0.25, -0.2) is 0 Å². The molecular weight excluding hydrogens is 340 g/mol. The monoisotopic (exact) mass is 360 g/mol. The first kappa shape index (κ1) is 16.1. The number of hydrogen-bond donors (Lipinski definition) is 0. The Morgan fingerprint density at radius 3 is 2.89 bits per heavy atom. The normalized spacial score (nSPS) is 18.0. The summed E-state index contributed by atoms with van der Waals surface area (Å²) in [4.78, 5) is 15.0. The second-order valence-electron chi connectivity index (χ2n) is 7.27. The van der Waals surface area contributed by atoms with E-state index in [4.69, 9.17) is 9.26 Å². The molecule has 2 aromatic carbocycles. The van der Waals surface area contributed by atoms with Crippen molar-refractivity contribution >= 4 is 5.91 Å². The molecule has 3 aromatic rings. The lowest BCUT2D eigenvalue weighted by Crippen LogP contribution is -2.29. The van der Waals surface area contributed by atoms with Crippen LogP contribution in [0.5, 0.6) is 5.75 Å². The highest BCUT2D eigenvalue weighted by molar-refractivity contribution is 5.96. The van der Waals surface area contributed by atoms with Crippen molar-refractivity contribution in [2.24, 2.45) is 0 Å². The fourth-order valence-corrected chi connectivity index (χ4v) is 4.01. The van der Waals surface area contributed by atoms with Crippen LogP contribution in [-0.2, 0) is 6.61 Å². The van der Waals surface area contributed by atoms with Crippen LogP contribution < -0.4 is 4.74 Å². The van der Waals surface area contributed by atoms with Crippen LogP contribution >= 0.6 is 0 Å². The Labute approximate surface area is 157 Å². The predicted molar refractivity (Wildman–Crippen MR) is 101 cm³/mol. The van der Waals surface area contributed by atoms with Gasteiger partial charge in [0.2, 0.25) is 0 Å². The molecule has 2 aliphatic heterocycles. The van der Waals surface area contributed by atoms with Crippen LogP contribution in [0.15, 0.2) is 53.1 Å². The van der Waals surface area contributed by atoms with Gasteiger partial charge in [-0.3, -0.25) is 4.79 Å². The van der Waals surface area contributed by atoms with Gasteiger partial charge in [0.1, 0.15) is 12.4 Å². The van der Waals surface area contributed by atoms with Gasteiger partial charge in [0, 0.05) is 19.0 Å². The van der Waals surface area contributed by atoms with E-state index >= 15 is 0 Å². The molecule has 5 nitrogen and oxygen atoms in total. The maximum Gasteiger partial charge on any atom is 0.276 e. The van der Waals surface area contributed by atoms with Crippen LogP contribution in [0.4, 0.5) is 0 Å². The van der Waals surface area contributed by atoms with Gasteiger partial charge in [0.25, 0.3) is 5.91 Å². The third kappa shape index (κ3) is 2.70. The lowest BCUT2D eigenvalue weighted by molar-refractivity contribution is 0.0778. The molecule has 5 rings (SSSR count). The summed E-state index contributed by atoms with van der Waals surface area (Å²) in [5.74, 6) is 1.73. The Morgan fingerprint density at radius 1 is 1.19 bits per heavy atom. The van der Waals surface area contributed by atoms with Crippen molar-refractivity contribution in [1.82, 2.24) is 10.1 Å². The third-order valence-electron chi connectivity index (χ3n) is 5.49. The first-order valence-electron chi connectivity index (χ1n) is 9.27. The molecule has 0 aliphatic carbocycles. The minimum atomic E-state index is -0.0712. The highest BCUT2D eigenvalue weighted by atomic mass is 16.5. The molecule has 136 valence electrons. The Kier molecular flexibility index (Phi) is 3.74. The summed E-state index contributed by atoms with van der Waals surface area (Å²) < 4.78 is 11.4. The third-order valence-corrected chi connectivity index (χ3v) is 5.49. The number of hydrogen-bond acceptors (Lipinski definition) is 4. The number of fused-ring (bicyclic) bond motifs is 3. The van der Waals surface area contributed by atoms with E-state index in [-0.39, 0.29) is 5.91 Å². The standard InChI is InChI=1S/C22H20N2O3/c1-14-7-8-19-17(11-14)21-18(13-26-19)20(23-27-21)22(25)24-10-9-16(12-24)15-5-3-2-4-6-15/h2-8,11,16H,9-10,12-13H2,1H3/t16-/m1/s1. The second kappa shape index (κ2) is 6.27. The number of ether oxygens (including phenoxy) is 1. The quantitative estimate of drug-likeness (QED) is 0.688. The summed E-state index contributed by atoms with van der Waals surface area (Å²) >= 11 is 0. The van der Waals surface area contributed by atoms with Crippen molar-refractivity contribution < 1.29 is 14.1 Å². The summed E-state index contributed by atoms with van der Waals surface area (Å²) in [7, 11) is 0. The minimum Gasteiger partial charge on any atom is -0.488 e. The topological polar surface area (TPSA) is 55.6 Å². The maximum absolute atomic E-state index is 13.1. The Hall–Kier alpha value is -3.08. The van der Waals surface area contributed by atoms with E-state index in [2.05, 4.69) is 17.3 Å². The van der Waals surface area contributed by atoms with Crippen molar-refractivity contribution in [1.29, 1.82) is 0 Å². The van der Waals surface area contributed by atoms with Crippen molar-refractivity contribution in [3.63, 3.8) is 0 Å². The average molecular weight is 360 g/mol. The number of likely N-dealkylation sites (tertiary alicyclic amines) is 1. The van der Waals surface area contributed by atoms with E-state index in [1.165, 1.54) is 5.56 Å². The van der Waals surface area contributed by atoms with Gasteiger partial charge < -0.3 is 14.2 Å². The maximum atomic E-state index is 13.1. The van der Waals surface area contributed by atoms with Crippen molar-refractivity contribution in [3.05, 3.63) is 70.9 Å². The molecule has 2 aliphatic rings. The van der Waals surface area contributed by atoms with Crippen LogP contribution in [0.2, 0.25) is 0 Å². The zero-order chi connectivity index (χ0) is 18.4. The molecule has 5 heteroatoms. The number of nitrogens with zero attached hydrogens (tertiary/aromatic N) is 2. The van der Waals surface area contributed by atoms with Crippen molar-refractivity contribution in [2.75, 3.05) is 13.1 Å². The summed E-state index contributed by atoms with van der Waals surface area (Å²) in [6.45, 7) is 3.77. The lowest BCUT2D eigenvalue weighted by Gasteiger charge is -2.19. The van der Waals surface area contributed by atoms with E-state index in [0.29, 0.717) is 30.5 Å². The van der Waals surface area contributed by atoms with Gasteiger partial charge in [-0.2, -0.15) is 0 Å². The molecule has 0 bridgehead atoms. The molecule has 0 spiro atoms. The number of aromatic nitrogens is 1. The van der Waals surface area contributed by atoms with Crippen LogP contribution in [0.25, 0.3) is 11.3 Å².